The molecule has 2 rings (SSSR count). The summed E-state index contributed by atoms with van der Waals surface area (Å²) in [5.41, 5.74) is 0. The molecule has 112 valence electrons. The SMILES string of the molecule is CCCNC(COC1CCCCC1)C1CCCCC1. The minimum Gasteiger partial charge on any atom is -0.377 e. The van der Waals surface area contributed by atoms with E-state index in [-0.39, 0.29) is 0 Å². The molecule has 0 aromatic carbocycles. The van der Waals surface area contributed by atoms with Gasteiger partial charge in [0.2, 0.25) is 0 Å². The van der Waals surface area contributed by atoms with Crippen molar-refractivity contribution in [2.75, 3.05) is 13.2 Å². The van der Waals surface area contributed by atoms with Crippen LogP contribution in [0.25, 0.3) is 0 Å². The van der Waals surface area contributed by atoms with E-state index in [1.807, 2.05) is 0 Å². The zero-order chi connectivity index (χ0) is 13.3. The maximum absolute atomic E-state index is 6.23. The molecule has 0 aromatic heterocycles. The summed E-state index contributed by atoms with van der Waals surface area (Å²) < 4.78 is 6.23. The molecule has 2 fully saturated rings. The van der Waals surface area contributed by atoms with Gasteiger partial charge >= 0.3 is 0 Å². The predicted molar refractivity (Wildman–Crippen MR) is 81.5 cm³/mol. The van der Waals surface area contributed by atoms with Crippen LogP contribution in [0, 0.1) is 5.92 Å². The van der Waals surface area contributed by atoms with E-state index in [1.165, 1.54) is 70.6 Å². The lowest BCUT2D eigenvalue weighted by molar-refractivity contribution is 0.00376. The van der Waals surface area contributed by atoms with Crippen molar-refractivity contribution in [3.8, 4) is 0 Å². The van der Waals surface area contributed by atoms with Crippen molar-refractivity contribution < 1.29 is 4.74 Å². The third-order valence-electron chi connectivity index (χ3n) is 4.94. The van der Waals surface area contributed by atoms with Crippen molar-refractivity contribution in [1.29, 1.82) is 0 Å². The first-order chi connectivity index (χ1) is 9.40. The van der Waals surface area contributed by atoms with Gasteiger partial charge in [0.1, 0.15) is 0 Å². The van der Waals surface area contributed by atoms with Crippen LogP contribution in [0.4, 0.5) is 0 Å². The fraction of sp³-hybridized carbons (Fsp3) is 1.00. The summed E-state index contributed by atoms with van der Waals surface area (Å²) >= 11 is 0. The Morgan fingerprint density at radius 3 is 2.21 bits per heavy atom. The summed E-state index contributed by atoms with van der Waals surface area (Å²) in [6.45, 7) is 4.36. The second kappa shape index (κ2) is 8.97. The van der Waals surface area contributed by atoms with Gasteiger partial charge in [-0.3, -0.25) is 0 Å². The van der Waals surface area contributed by atoms with Gasteiger partial charge in [0, 0.05) is 6.04 Å². The molecule has 0 radical (unpaired) electrons. The van der Waals surface area contributed by atoms with Gasteiger partial charge in [-0.1, -0.05) is 45.4 Å². The fourth-order valence-electron chi connectivity index (χ4n) is 3.70. The smallest absolute Gasteiger partial charge is 0.0626 e. The van der Waals surface area contributed by atoms with Gasteiger partial charge in [-0.05, 0) is 44.6 Å². The monoisotopic (exact) mass is 267 g/mol. The molecule has 1 N–H and O–H groups in total. The molecule has 1 atom stereocenters. The molecule has 1 unspecified atom stereocenters. The van der Waals surface area contributed by atoms with Gasteiger partial charge in [-0.2, -0.15) is 0 Å². The van der Waals surface area contributed by atoms with Crippen LogP contribution in [0.3, 0.4) is 0 Å². The average Bonchev–Trinajstić information content (AvgIpc) is 2.49. The Morgan fingerprint density at radius 1 is 0.947 bits per heavy atom. The van der Waals surface area contributed by atoms with Gasteiger partial charge in [0.25, 0.3) is 0 Å². The molecule has 2 nitrogen and oxygen atoms in total. The Morgan fingerprint density at radius 2 is 1.58 bits per heavy atom. The topological polar surface area (TPSA) is 21.3 Å². The minimum absolute atomic E-state index is 0.559. The molecule has 0 amide bonds. The second-order valence-electron chi connectivity index (χ2n) is 6.55. The third-order valence-corrected chi connectivity index (χ3v) is 4.94. The van der Waals surface area contributed by atoms with Gasteiger partial charge in [-0.25, -0.2) is 0 Å². The number of rotatable bonds is 7. The maximum Gasteiger partial charge on any atom is 0.0626 e. The largest absolute Gasteiger partial charge is 0.377 e. The summed E-state index contributed by atoms with van der Waals surface area (Å²) in [6, 6.07) is 0.613. The van der Waals surface area contributed by atoms with Crippen molar-refractivity contribution in [3.05, 3.63) is 0 Å². The van der Waals surface area contributed by atoms with E-state index in [9.17, 15) is 0 Å². The number of nitrogens with one attached hydrogen (secondary N) is 1. The van der Waals surface area contributed by atoms with E-state index in [0.717, 1.165) is 19.1 Å². The molecule has 2 aliphatic carbocycles. The van der Waals surface area contributed by atoms with Gasteiger partial charge < -0.3 is 10.1 Å². The van der Waals surface area contributed by atoms with Crippen LogP contribution in [0.5, 0.6) is 0 Å². The highest BCUT2D eigenvalue weighted by molar-refractivity contribution is 4.80. The highest BCUT2D eigenvalue weighted by atomic mass is 16.5. The summed E-state index contributed by atoms with van der Waals surface area (Å²) in [6.07, 6.45) is 15.7. The second-order valence-corrected chi connectivity index (χ2v) is 6.55. The number of ether oxygens (including phenoxy) is 1. The molecule has 2 heteroatoms. The van der Waals surface area contributed by atoms with Crippen molar-refractivity contribution in [1.82, 2.24) is 5.32 Å². The molecule has 0 spiro atoms. The first kappa shape index (κ1) is 15.3. The molecular formula is C17H33NO. The van der Waals surface area contributed by atoms with Crippen molar-refractivity contribution in [2.24, 2.45) is 5.92 Å². The van der Waals surface area contributed by atoms with E-state index >= 15 is 0 Å². The van der Waals surface area contributed by atoms with Crippen LogP contribution in [0.2, 0.25) is 0 Å². The van der Waals surface area contributed by atoms with E-state index in [2.05, 4.69) is 12.2 Å². The molecule has 2 aliphatic rings. The van der Waals surface area contributed by atoms with Crippen molar-refractivity contribution in [2.45, 2.75) is 89.7 Å². The summed E-state index contributed by atoms with van der Waals surface area (Å²) in [5, 5.41) is 3.75. The molecular weight excluding hydrogens is 234 g/mol. The molecule has 0 heterocycles. The molecule has 0 bridgehead atoms. The van der Waals surface area contributed by atoms with E-state index in [4.69, 9.17) is 4.74 Å². The summed E-state index contributed by atoms with van der Waals surface area (Å²) in [7, 11) is 0. The van der Waals surface area contributed by atoms with E-state index in [0.29, 0.717) is 12.1 Å². The molecule has 19 heavy (non-hydrogen) atoms. The standard InChI is InChI=1S/C17H33NO/c1-2-13-18-17(15-9-5-3-6-10-15)14-19-16-11-7-4-8-12-16/h15-18H,2-14H2,1H3. The Balaban J connectivity index is 1.74. The fourth-order valence-corrected chi connectivity index (χ4v) is 3.70. The molecule has 2 saturated carbocycles. The summed E-state index contributed by atoms with van der Waals surface area (Å²) in [5.74, 6) is 0.865. The lowest BCUT2D eigenvalue weighted by Gasteiger charge is -2.33. The highest BCUT2D eigenvalue weighted by Gasteiger charge is 2.24. The highest BCUT2D eigenvalue weighted by Crippen LogP contribution is 2.28. The number of hydrogen-bond donors (Lipinski definition) is 1. The van der Waals surface area contributed by atoms with Gasteiger partial charge in [-0.15, -0.1) is 0 Å². The van der Waals surface area contributed by atoms with Crippen LogP contribution in [-0.4, -0.2) is 25.3 Å². The normalized spacial score (nSPS) is 24.5. The molecule has 0 aliphatic heterocycles. The Hall–Kier alpha value is -0.0800. The zero-order valence-corrected chi connectivity index (χ0v) is 12.8. The first-order valence-corrected chi connectivity index (χ1v) is 8.75. The average molecular weight is 267 g/mol. The lowest BCUT2D eigenvalue weighted by atomic mass is 9.84. The maximum atomic E-state index is 6.23. The van der Waals surface area contributed by atoms with E-state index < -0.39 is 0 Å². The molecule has 0 saturated heterocycles. The third kappa shape index (κ3) is 5.43. The van der Waals surface area contributed by atoms with Crippen LogP contribution in [0.1, 0.15) is 77.6 Å². The lowest BCUT2D eigenvalue weighted by Crippen LogP contribution is -2.42. The van der Waals surface area contributed by atoms with Crippen molar-refractivity contribution >= 4 is 0 Å². The quantitative estimate of drug-likeness (QED) is 0.743. The van der Waals surface area contributed by atoms with Crippen LogP contribution < -0.4 is 5.32 Å². The van der Waals surface area contributed by atoms with Gasteiger partial charge in [0.05, 0.1) is 12.7 Å². The molecule has 0 aromatic rings. The van der Waals surface area contributed by atoms with Crippen LogP contribution >= 0.6 is 0 Å². The van der Waals surface area contributed by atoms with Gasteiger partial charge in [0.15, 0.2) is 0 Å². The minimum atomic E-state index is 0.559. The van der Waals surface area contributed by atoms with Crippen LogP contribution in [-0.2, 0) is 4.74 Å². The zero-order valence-electron chi connectivity index (χ0n) is 12.8. The summed E-state index contributed by atoms with van der Waals surface area (Å²) in [4.78, 5) is 0. The van der Waals surface area contributed by atoms with E-state index in [1.54, 1.807) is 0 Å². The van der Waals surface area contributed by atoms with Crippen LogP contribution in [0.15, 0.2) is 0 Å². The Kier molecular flexibility index (Phi) is 7.23. The Bertz CT molecular complexity index is 219. The van der Waals surface area contributed by atoms with Crippen molar-refractivity contribution in [3.63, 3.8) is 0 Å². The first-order valence-electron chi connectivity index (χ1n) is 8.75. The Labute approximate surface area is 119 Å². The number of hydrogen-bond acceptors (Lipinski definition) is 2. The predicted octanol–water partition coefficient (Wildman–Crippen LogP) is 4.28.